The topological polar surface area (TPSA) is 101 Å². The second-order valence-corrected chi connectivity index (χ2v) is 7.92. The molecule has 1 aliphatic heterocycles. The highest BCUT2D eigenvalue weighted by molar-refractivity contribution is 6.30. The van der Waals surface area contributed by atoms with Crippen LogP contribution in [0.15, 0.2) is 61.1 Å². The molecule has 1 aromatic carbocycles. The summed E-state index contributed by atoms with van der Waals surface area (Å²) in [6, 6.07) is 12.1. The van der Waals surface area contributed by atoms with Gasteiger partial charge in [-0.15, -0.1) is 0 Å². The number of halogens is 1. The van der Waals surface area contributed by atoms with Gasteiger partial charge < -0.3 is 15.3 Å². The van der Waals surface area contributed by atoms with Gasteiger partial charge in [0, 0.05) is 41.8 Å². The summed E-state index contributed by atoms with van der Waals surface area (Å²) in [6.45, 7) is 0.206. The molecule has 4 aromatic rings. The standard InChI is InChI=1S/C22H20ClN7O2/c1-28-20(7-9-25-28)27-21-24-8-6-18(26-21)15-10-17-12-30(22(32)29(17)11-15)19(13-31)14-2-4-16(23)5-3-14/h2-11,19,31H,12-13H2,1H3,(H,24,26,27). The van der Waals surface area contributed by atoms with E-state index in [9.17, 15) is 9.90 Å². The van der Waals surface area contributed by atoms with Gasteiger partial charge in [-0.25, -0.2) is 14.8 Å². The molecule has 0 saturated heterocycles. The molecule has 9 nitrogen and oxygen atoms in total. The smallest absolute Gasteiger partial charge is 0.329 e. The molecule has 3 aromatic heterocycles. The van der Waals surface area contributed by atoms with Crippen LogP contribution in [0.3, 0.4) is 0 Å². The number of benzene rings is 1. The number of aromatic nitrogens is 5. The first-order chi connectivity index (χ1) is 15.5. The van der Waals surface area contributed by atoms with Gasteiger partial charge in [0.25, 0.3) is 0 Å². The molecule has 5 rings (SSSR count). The van der Waals surface area contributed by atoms with Crippen LogP contribution in [0.5, 0.6) is 0 Å². The third-order valence-electron chi connectivity index (χ3n) is 5.50. The molecule has 2 N–H and O–H groups in total. The number of fused-ring (bicyclic) bond motifs is 1. The molecular formula is C22H20ClN7O2. The lowest BCUT2D eigenvalue weighted by Crippen LogP contribution is -2.32. The fraction of sp³-hybridized carbons (Fsp3) is 0.182. The number of amides is 1. The van der Waals surface area contributed by atoms with Crippen LogP contribution in [-0.4, -0.2) is 47.0 Å². The molecule has 32 heavy (non-hydrogen) atoms. The van der Waals surface area contributed by atoms with Crippen LogP contribution < -0.4 is 5.32 Å². The third kappa shape index (κ3) is 3.61. The van der Waals surface area contributed by atoms with Gasteiger partial charge in [0.1, 0.15) is 5.82 Å². The lowest BCUT2D eigenvalue weighted by atomic mass is 10.1. The van der Waals surface area contributed by atoms with Gasteiger partial charge >= 0.3 is 6.03 Å². The molecule has 10 heteroatoms. The van der Waals surface area contributed by atoms with Gasteiger partial charge in [0.15, 0.2) is 0 Å². The maximum Gasteiger partial charge on any atom is 0.329 e. The maximum absolute atomic E-state index is 13.1. The summed E-state index contributed by atoms with van der Waals surface area (Å²) >= 11 is 5.97. The van der Waals surface area contributed by atoms with E-state index in [2.05, 4.69) is 20.4 Å². The Bertz CT molecular complexity index is 1280. The van der Waals surface area contributed by atoms with E-state index in [-0.39, 0.29) is 12.6 Å². The van der Waals surface area contributed by atoms with Crippen molar-refractivity contribution in [3.8, 4) is 11.3 Å². The maximum atomic E-state index is 13.1. The minimum Gasteiger partial charge on any atom is -0.394 e. The van der Waals surface area contributed by atoms with Gasteiger partial charge in [0.2, 0.25) is 5.95 Å². The van der Waals surface area contributed by atoms with Gasteiger partial charge in [-0.3, -0.25) is 9.25 Å². The largest absolute Gasteiger partial charge is 0.394 e. The monoisotopic (exact) mass is 449 g/mol. The van der Waals surface area contributed by atoms with Crippen LogP contribution >= 0.6 is 11.6 Å². The zero-order valence-electron chi connectivity index (χ0n) is 17.2. The molecule has 4 heterocycles. The highest BCUT2D eigenvalue weighted by atomic mass is 35.5. The lowest BCUT2D eigenvalue weighted by Gasteiger charge is -2.26. The Morgan fingerprint density at radius 1 is 1.19 bits per heavy atom. The number of anilines is 2. The van der Waals surface area contributed by atoms with E-state index < -0.39 is 6.04 Å². The van der Waals surface area contributed by atoms with E-state index in [0.717, 1.165) is 22.6 Å². The Morgan fingerprint density at radius 3 is 2.69 bits per heavy atom. The Labute approximate surface area is 188 Å². The molecule has 1 atom stereocenters. The molecule has 0 aliphatic carbocycles. The number of hydrogen-bond donors (Lipinski definition) is 2. The first kappa shape index (κ1) is 20.2. The average Bonchev–Trinajstić information content (AvgIpc) is 3.48. The van der Waals surface area contributed by atoms with Gasteiger partial charge in [0.05, 0.1) is 31.1 Å². The van der Waals surface area contributed by atoms with Crippen LogP contribution in [0, 0.1) is 0 Å². The van der Waals surface area contributed by atoms with E-state index in [0.29, 0.717) is 23.2 Å². The predicted molar refractivity (Wildman–Crippen MR) is 120 cm³/mol. The van der Waals surface area contributed by atoms with Crippen molar-refractivity contribution >= 4 is 29.4 Å². The van der Waals surface area contributed by atoms with Gasteiger partial charge in [-0.2, -0.15) is 5.10 Å². The Kier molecular flexibility index (Phi) is 5.12. The van der Waals surface area contributed by atoms with Crippen molar-refractivity contribution in [1.29, 1.82) is 0 Å². The van der Waals surface area contributed by atoms with E-state index in [1.807, 2.05) is 31.3 Å². The molecule has 0 radical (unpaired) electrons. The highest BCUT2D eigenvalue weighted by Crippen LogP contribution is 2.32. The number of nitrogens with one attached hydrogen (secondary N) is 1. The van der Waals surface area contributed by atoms with Crippen molar-refractivity contribution in [3.63, 3.8) is 0 Å². The summed E-state index contributed by atoms with van der Waals surface area (Å²) in [6.07, 6.45) is 5.12. The molecule has 1 amide bonds. The fourth-order valence-corrected chi connectivity index (χ4v) is 3.96. The van der Waals surface area contributed by atoms with E-state index in [1.54, 1.807) is 50.9 Å². The predicted octanol–water partition coefficient (Wildman–Crippen LogP) is 3.59. The Morgan fingerprint density at radius 2 is 2.00 bits per heavy atom. The van der Waals surface area contributed by atoms with Crippen molar-refractivity contribution in [2.24, 2.45) is 7.05 Å². The van der Waals surface area contributed by atoms with Gasteiger partial charge in [-0.05, 0) is 29.8 Å². The number of aliphatic hydroxyl groups excluding tert-OH is 1. The Hall–Kier alpha value is -3.69. The number of nitrogens with zero attached hydrogens (tertiary/aromatic N) is 6. The first-order valence-corrected chi connectivity index (χ1v) is 10.4. The van der Waals surface area contributed by atoms with E-state index >= 15 is 0 Å². The van der Waals surface area contributed by atoms with Gasteiger partial charge in [-0.1, -0.05) is 23.7 Å². The quantitative estimate of drug-likeness (QED) is 0.466. The number of hydrogen-bond acceptors (Lipinski definition) is 6. The zero-order valence-corrected chi connectivity index (χ0v) is 17.9. The minimum atomic E-state index is -0.447. The normalized spacial score (nSPS) is 14.0. The molecular weight excluding hydrogens is 430 g/mol. The minimum absolute atomic E-state index is 0.181. The number of aliphatic hydroxyl groups is 1. The number of rotatable bonds is 6. The number of carbonyl (C=O) groups is 1. The van der Waals surface area contributed by atoms with Crippen molar-refractivity contribution in [3.05, 3.63) is 77.3 Å². The third-order valence-corrected chi connectivity index (χ3v) is 5.75. The van der Waals surface area contributed by atoms with Crippen LogP contribution in [0.1, 0.15) is 17.3 Å². The molecule has 0 fully saturated rings. The van der Waals surface area contributed by atoms with Crippen molar-refractivity contribution in [2.45, 2.75) is 12.6 Å². The molecule has 0 saturated carbocycles. The van der Waals surface area contributed by atoms with E-state index in [4.69, 9.17) is 11.6 Å². The summed E-state index contributed by atoms with van der Waals surface area (Å²) in [4.78, 5) is 23.6. The van der Waals surface area contributed by atoms with Crippen molar-refractivity contribution in [2.75, 3.05) is 11.9 Å². The first-order valence-electron chi connectivity index (χ1n) is 10.0. The second-order valence-electron chi connectivity index (χ2n) is 7.48. The highest BCUT2D eigenvalue weighted by Gasteiger charge is 2.33. The van der Waals surface area contributed by atoms with Crippen molar-refractivity contribution < 1.29 is 9.90 Å². The molecule has 1 aliphatic rings. The zero-order chi connectivity index (χ0) is 22.2. The SMILES string of the molecule is Cn1nccc1Nc1nccc(-c2cc3n(c2)C(=O)N(C(CO)c2ccc(Cl)cc2)C3)n1. The number of carbonyl (C=O) groups excluding carboxylic acids is 1. The van der Waals surface area contributed by atoms with E-state index in [1.165, 1.54) is 0 Å². The van der Waals surface area contributed by atoms with Crippen molar-refractivity contribution in [1.82, 2.24) is 29.2 Å². The molecule has 162 valence electrons. The number of aryl methyl sites for hydroxylation is 1. The van der Waals surface area contributed by atoms with Crippen LogP contribution in [0.25, 0.3) is 11.3 Å². The average molecular weight is 450 g/mol. The van der Waals surface area contributed by atoms with Crippen LogP contribution in [0.2, 0.25) is 5.02 Å². The lowest BCUT2D eigenvalue weighted by molar-refractivity contribution is 0.141. The molecule has 0 spiro atoms. The summed E-state index contributed by atoms with van der Waals surface area (Å²) in [5.41, 5.74) is 3.17. The fourth-order valence-electron chi connectivity index (χ4n) is 3.83. The second kappa shape index (κ2) is 8.10. The Balaban J connectivity index is 1.38. The molecule has 1 unspecified atom stereocenters. The summed E-state index contributed by atoms with van der Waals surface area (Å²) < 4.78 is 3.29. The summed E-state index contributed by atoms with van der Waals surface area (Å²) in [5.74, 6) is 1.21. The van der Waals surface area contributed by atoms with Crippen LogP contribution in [0.4, 0.5) is 16.6 Å². The van der Waals surface area contributed by atoms with Crippen LogP contribution in [-0.2, 0) is 13.6 Å². The molecule has 0 bridgehead atoms. The summed E-state index contributed by atoms with van der Waals surface area (Å²) in [5, 5.41) is 17.8. The summed E-state index contributed by atoms with van der Waals surface area (Å²) in [7, 11) is 1.83.